The van der Waals surface area contributed by atoms with Gasteiger partial charge in [-0.1, -0.05) is 0 Å². The Morgan fingerprint density at radius 3 is 2.39 bits per heavy atom. The fraction of sp³-hybridized carbons (Fsp3) is 0.400. The van der Waals surface area contributed by atoms with Crippen LogP contribution >= 0.6 is 0 Å². The number of aromatic nitrogens is 4. The van der Waals surface area contributed by atoms with E-state index in [2.05, 4.69) is 20.2 Å². The highest BCUT2D eigenvalue weighted by molar-refractivity contribution is 5.92. The summed E-state index contributed by atoms with van der Waals surface area (Å²) in [6, 6.07) is 6.70. The van der Waals surface area contributed by atoms with E-state index in [9.17, 15) is 9.59 Å². The van der Waals surface area contributed by atoms with Crippen LogP contribution in [0.25, 0.3) is 0 Å². The Hall–Kier alpha value is -2.77. The molecule has 1 amide bonds. The van der Waals surface area contributed by atoms with Gasteiger partial charge in [-0.25, -0.2) is 4.68 Å². The summed E-state index contributed by atoms with van der Waals surface area (Å²) in [7, 11) is 1.53. The van der Waals surface area contributed by atoms with Gasteiger partial charge < -0.3 is 9.80 Å². The minimum absolute atomic E-state index is 0.157. The first-order valence-electron chi connectivity index (χ1n) is 7.43. The third kappa shape index (κ3) is 3.20. The lowest BCUT2D eigenvalue weighted by atomic mass is 10.2. The number of hydrogen-bond acceptors (Lipinski definition) is 6. The monoisotopic (exact) mass is 314 g/mol. The zero-order chi connectivity index (χ0) is 16.4. The van der Waals surface area contributed by atoms with Crippen LogP contribution in [0.3, 0.4) is 0 Å². The van der Waals surface area contributed by atoms with E-state index >= 15 is 0 Å². The van der Waals surface area contributed by atoms with Crippen LogP contribution in [-0.2, 0) is 7.05 Å². The molecule has 0 aromatic carbocycles. The van der Waals surface area contributed by atoms with E-state index in [-0.39, 0.29) is 17.2 Å². The molecule has 0 aliphatic carbocycles. The van der Waals surface area contributed by atoms with Gasteiger partial charge in [0.05, 0.1) is 5.69 Å². The molecule has 8 nitrogen and oxygen atoms in total. The minimum atomic E-state index is -0.232. The Morgan fingerprint density at radius 2 is 1.78 bits per heavy atom. The van der Waals surface area contributed by atoms with Gasteiger partial charge in [0.1, 0.15) is 5.69 Å². The summed E-state index contributed by atoms with van der Waals surface area (Å²) in [5.74, 6) is 0.665. The van der Waals surface area contributed by atoms with Crippen molar-refractivity contribution in [2.45, 2.75) is 6.92 Å². The van der Waals surface area contributed by atoms with Gasteiger partial charge in [-0.3, -0.25) is 9.59 Å². The van der Waals surface area contributed by atoms with Crippen LogP contribution in [0.2, 0.25) is 0 Å². The van der Waals surface area contributed by atoms with Crippen LogP contribution in [0.4, 0.5) is 5.82 Å². The molecule has 0 radical (unpaired) electrons. The molecule has 0 atom stereocenters. The molecular weight excluding hydrogens is 296 g/mol. The van der Waals surface area contributed by atoms with Crippen molar-refractivity contribution in [2.75, 3.05) is 31.1 Å². The van der Waals surface area contributed by atoms with Gasteiger partial charge >= 0.3 is 0 Å². The summed E-state index contributed by atoms with van der Waals surface area (Å²) in [6.45, 7) is 4.44. The second kappa shape index (κ2) is 6.15. The quantitative estimate of drug-likeness (QED) is 0.766. The highest BCUT2D eigenvalue weighted by Gasteiger charge is 2.24. The second-order valence-electron chi connectivity index (χ2n) is 5.49. The van der Waals surface area contributed by atoms with Crippen molar-refractivity contribution in [1.29, 1.82) is 0 Å². The zero-order valence-corrected chi connectivity index (χ0v) is 13.1. The van der Waals surface area contributed by atoms with E-state index in [1.165, 1.54) is 23.9 Å². The van der Waals surface area contributed by atoms with Crippen LogP contribution in [0.15, 0.2) is 29.1 Å². The molecule has 0 bridgehead atoms. The maximum atomic E-state index is 12.5. The first-order valence-corrected chi connectivity index (χ1v) is 7.43. The molecule has 8 heteroatoms. The van der Waals surface area contributed by atoms with Crippen LogP contribution in [0.1, 0.15) is 16.2 Å². The number of carbonyl (C=O) groups is 1. The molecule has 2 aromatic heterocycles. The van der Waals surface area contributed by atoms with Crippen LogP contribution in [0.5, 0.6) is 0 Å². The Morgan fingerprint density at radius 1 is 1.04 bits per heavy atom. The van der Waals surface area contributed by atoms with E-state index in [4.69, 9.17) is 0 Å². The van der Waals surface area contributed by atoms with Crippen LogP contribution < -0.4 is 10.5 Å². The van der Waals surface area contributed by atoms with Gasteiger partial charge in [0.25, 0.3) is 11.5 Å². The van der Waals surface area contributed by atoms with E-state index in [0.717, 1.165) is 11.5 Å². The number of amides is 1. The molecule has 2 aromatic rings. The van der Waals surface area contributed by atoms with Crippen LogP contribution in [0, 0.1) is 6.92 Å². The minimum Gasteiger partial charge on any atom is -0.352 e. The molecule has 120 valence electrons. The Labute approximate surface area is 133 Å². The van der Waals surface area contributed by atoms with Gasteiger partial charge in [0, 0.05) is 39.3 Å². The second-order valence-corrected chi connectivity index (χ2v) is 5.49. The number of anilines is 1. The maximum Gasteiger partial charge on any atom is 0.274 e. The van der Waals surface area contributed by atoms with E-state index in [1.54, 1.807) is 4.90 Å². The average molecular weight is 314 g/mol. The Bertz CT molecular complexity index is 762. The highest BCUT2D eigenvalue weighted by atomic mass is 16.2. The summed E-state index contributed by atoms with van der Waals surface area (Å²) in [6.07, 6.45) is 0. The third-order valence-electron chi connectivity index (χ3n) is 3.85. The number of nitrogens with zero attached hydrogens (tertiary/aromatic N) is 6. The standard InChI is InChI=1S/C15H18N6O2/c1-11-3-5-13(17-16-11)20-7-9-21(10-8-20)15(23)12-4-6-14(22)19(2)18-12/h3-6H,7-10H2,1-2H3. The lowest BCUT2D eigenvalue weighted by molar-refractivity contribution is 0.0738. The summed E-state index contributed by atoms with van der Waals surface area (Å²) < 4.78 is 1.17. The zero-order valence-electron chi connectivity index (χ0n) is 13.1. The molecule has 0 saturated carbocycles. The molecule has 23 heavy (non-hydrogen) atoms. The molecule has 3 rings (SSSR count). The van der Waals surface area contributed by atoms with Crippen molar-refractivity contribution in [3.05, 3.63) is 46.0 Å². The van der Waals surface area contributed by atoms with Crippen molar-refractivity contribution in [2.24, 2.45) is 7.05 Å². The van der Waals surface area contributed by atoms with Crippen molar-refractivity contribution in [3.8, 4) is 0 Å². The summed E-state index contributed by atoms with van der Waals surface area (Å²) in [4.78, 5) is 27.6. The SMILES string of the molecule is Cc1ccc(N2CCN(C(=O)c3ccc(=O)n(C)n3)CC2)nn1. The van der Waals surface area contributed by atoms with Crippen molar-refractivity contribution in [3.63, 3.8) is 0 Å². The van der Waals surface area contributed by atoms with Gasteiger partial charge in [0.2, 0.25) is 0 Å². The van der Waals surface area contributed by atoms with E-state index in [1.807, 2.05) is 19.1 Å². The predicted molar refractivity (Wildman–Crippen MR) is 84.4 cm³/mol. The molecule has 3 heterocycles. The predicted octanol–water partition coefficient (Wildman–Crippen LogP) is -0.159. The first-order chi connectivity index (χ1) is 11.0. The summed E-state index contributed by atoms with van der Waals surface area (Å²) in [5.41, 5.74) is 0.934. The lowest BCUT2D eigenvalue weighted by Gasteiger charge is -2.35. The highest BCUT2D eigenvalue weighted by Crippen LogP contribution is 2.13. The molecule has 1 aliphatic heterocycles. The molecule has 0 N–H and O–H groups in total. The normalized spacial score (nSPS) is 14.9. The molecule has 0 spiro atoms. The maximum absolute atomic E-state index is 12.5. The van der Waals surface area contributed by atoms with Gasteiger partial charge in [0.15, 0.2) is 5.82 Å². The van der Waals surface area contributed by atoms with Gasteiger partial charge in [-0.2, -0.15) is 10.2 Å². The van der Waals surface area contributed by atoms with Crippen molar-refractivity contribution >= 4 is 11.7 Å². The van der Waals surface area contributed by atoms with Crippen LogP contribution in [-0.4, -0.2) is 57.0 Å². The van der Waals surface area contributed by atoms with Crippen molar-refractivity contribution in [1.82, 2.24) is 24.9 Å². The number of carbonyl (C=O) groups excluding carboxylic acids is 1. The summed E-state index contributed by atoms with van der Waals surface area (Å²) in [5, 5.41) is 12.2. The molecule has 0 unspecified atom stereocenters. The average Bonchev–Trinajstić information content (AvgIpc) is 2.57. The summed E-state index contributed by atoms with van der Waals surface area (Å²) >= 11 is 0. The fourth-order valence-corrected chi connectivity index (χ4v) is 2.48. The van der Waals surface area contributed by atoms with Gasteiger partial charge in [-0.05, 0) is 25.1 Å². The number of piperazine rings is 1. The van der Waals surface area contributed by atoms with E-state index < -0.39 is 0 Å². The Kier molecular flexibility index (Phi) is 4.05. The van der Waals surface area contributed by atoms with Crippen molar-refractivity contribution < 1.29 is 4.79 Å². The number of aryl methyl sites for hydroxylation is 2. The molecule has 1 fully saturated rings. The first kappa shape index (κ1) is 15.1. The third-order valence-corrected chi connectivity index (χ3v) is 3.85. The largest absolute Gasteiger partial charge is 0.352 e. The molecule has 1 aliphatic rings. The topological polar surface area (TPSA) is 84.2 Å². The van der Waals surface area contributed by atoms with E-state index in [0.29, 0.717) is 26.2 Å². The molecular formula is C15H18N6O2. The van der Waals surface area contributed by atoms with Gasteiger partial charge in [-0.15, -0.1) is 5.10 Å². The Balaban J connectivity index is 1.66. The smallest absolute Gasteiger partial charge is 0.274 e. The fourth-order valence-electron chi connectivity index (χ4n) is 2.48. The number of hydrogen-bond donors (Lipinski definition) is 0. The number of rotatable bonds is 2. The molecule has 1 saturated heterocycles. The lowest BCUT2D eigenvalue weighted by Crippen LogP contribution is -2.49.